The maximum Gasteiger partial charge on any atom is 0.234 e. The van der Waals surface area contributed by atoms with Crippen molar-refractivity contribution in [3.8, 4) is 0 Å². The van der Waals surface area contributed by atoms with E-state index in [4.69, 9.17) is 7.85 Å². The SMILES string of the molecule is [B]c1cccc(C2CCC(=O)NC2=O)c1C. The van der Waals surface area contributed by atoms with E-state index in [0.29, 0.717) is 18.3 Å². The monoisotopic (exact) mass is 213 g/mol. The molecule has 1 unspecified atom stereocenters. The van der Waals surface area contributed by atoms with Crippen molar-refractivity contribution < 1.29 is 9.59 Å². The maximum atomic E-state index is 11.7. The molecule has 2 rings (SSSR count). The van der Waals surface area contributed by atoms with Gasteiger partial charge in [0.05, 0.1) is 5.92 Å². The summed E-state index contributed by atoms with van der Waals surface area (Å²) in [5.74, 6) is -0.658. The van der Waals surface area contributed by atoms with Gasteiger partial charge in [0, 0.05) is 6.42 Å². The van der Waals surface area contributed by atoms with Gasteiger partial charge in [-0.2, -0.15) is 0 Å². The molecule has 1 aliphatic rings. The van der Waals surface area contributed by atoms with Crippen molar-refractivity contribution in [2.24, 2.45) is 0 Å². The molecule has 0 bridgehead atoms. The third-order valence-electron chi connectivity index (χ3n) is 3.03. The van der Waals surface area contributed by atoms with Crippen LogP contribution >= 0.6 is 0 Å². The highest BCUT2D eigenvalue weighted by atomic mass is 16.2. The van der Waals surface area contributed by atoms with Gasteiger partial charge in [0.1, 0.15) is 7.85 Å². The molecule has 2 radical (unpaired) electrons. The molecule has 0 aliphatic carbocycles. The molecule has 1 heterocycles. The molecule has 0 saturated carbocycles. The Morgan fingerprint density at radius 1 is 1.38 bits per heavy atom. The van der Waals surface area contributed by atoms with Gasteiger partial charge in [-0.3, -0.25) is 14.9 Å². The Labute approximate surface area is 95.6 Å². The second-order valence-electron chi connectivity index (χ2n) is 4.07. The van der Waals surface area contributed by atoms with Crippen molar-refractivity contribution in [3.63, 3.8) is 0 Å². The second-order valence-corrected chi connectivity index (χ2v) is 4.07. The summed E-state index contributed by atoms with van der Waals surface area (Å²) in [6.07, 6.45) is 0.958. The largest absolute Gasteiger partial charge is 0.296 e. The zero-order chi connectivity index (χ0) is 11.7. The van der Waals surface area contributed by atoms with Crippen molar-refractivity contribution >= 4 is 25.1 Å². The van der Waals surface area contributed by atoms with Crippen LogP contribution in [0.3, 0.4) is 0 Å². The average Bonchev–Trinajstić information content (AvgIpc) is 2.23. The number of benzene rings is 1. The van der Waals surface area contributed by atoms with Crippen molar-refractivity contribution in [3.05, 3.63) is 29.3 Å². The minimum absolute atomic E-state index is 0.192. The molecule has 2 amide bonds. The van der Waals surface area contributed by atoms with Crippen LogP contribution in [0.15, 0.2) is 18.2 Å². The highest BCUT2D eigenvalue weighted by Crippen LogP contribution is 2.26. The second kappa shape index (κ2) is 4.12. The smallest absolute Gasteiger partial charge is 0.234 e. The van der Waals surface area contributed by atoms with Crippen LogP contribution in [-0.4, -0.2) is 19.7 Å². The van der Waals surface area contributed by atoms with E-state index in [-0.39, 0.29) is 17.7 Å². The number of rotatable bonds is 1. The summed E-state index contributed by atoms with van der Waals surface area (Å²) in [6, 6.07) is 5.54. The van der Waals surface area contributed by atoms with Gasteiger partial charge in [-0.15, -0.1) is 0 Å². The van der Waals surface area contributed by atoms with Crippen LogP contribution in [0.1, 0.15) is 29.9 Å². The molecule has 16 heavy (non-hydrogen) atoms. The highest BCUT2D eigenvalue weighted by molar-refractivity contribution is 6.33. The Balaban J connectivity index is 2.34. The molecular formula is C12H12BNO2. The average molecular weight is 213 g/mol. The molecule has 0 aromatic heterocycles. The van der Waals surface area contributed by atoms with E-state index in [0.717, 1.165) is 11.1 Å². The summed E-state index contributed by atoms with van der Waals surface area (Å²) in [4.78, 5) is 22.7. The van der Waals surface area contributed by atoms with Crippen LogP contribution in [0.2, 0.25) is 0 Å². The van der Waals surface area contributed by atoms with Gasteiger partial charge in [-0.05, 0) is 18.9 Å². The van der Waals surface area contributed by atoms with Crippen LogP contribution in [-0.2, 0) is 9.59 Å². The third-order valence-corrected chi connectivity index (χ3v) is 3.03. The fourth-order valence-electron chi connectivity index (χ4n) is 2.04. The lowest BCUT2D eigenvalue weighted by atomic mass is 9.81. The fourth-order valence-corrected chi connectivity index (χ4v) is 2.04. The van der Waals surface area contributed by atoms with Crippen LogP contribution in [0.25, 0.3) is 0 Å². The molecule has 1 aromatic carbocycles. The molecule has 80 valence electrons. The zero-order valence-corrected chi connectivity index (χ0v) is 9.12. The molecule has 1 fully saturated rings. The zero-order valence-electron chi connectivity index (χ0n) is 9.12. The minimum Gasteiger partial charge on any atom is -0.296 e. The van der Waals surface area contributed by atoms with Gasteiger partial charge >= 0.3 is 0 Å². The van der Waals surface area contributed by atoms with E-state index in [1.165, 1.54) is 0 Å². The first kappa shape index (κ1) is 10.9. The van der Waals surface area contributed by atoms with Crippen molar-refractivity contribution in [2.75, 3.05) is 0 Å². The first-order valence-electron chi connectivity index (χ1n) is 5.28. The lowest BCUT2D eigenvalue weighted by molar-refractivity contribution is -0.134. The van der Waals surface area contributed by atoms with E-state index in [1.54, 1.807) is 0 Å². The molecule has 1 aromatic rings. The maximum absolute atomic E-state index is 11.7. The van der Waals surface area contributed by atoms with E-state index < -0.39 is 0 Å². The summed E-state index contributed by atoms with van der Waals surface area (Å²) in [7, 11) is 5.80. The number of hydrogen-bond acceptors (Lipinski definition) is 2. The number of carbonyl (C=O) groups excluding carboxylic acids is 2. The van der Waals surface area contributed by atoms with E-state index in [2.05, 4.69) is 5.32 Å². The number of amides is 2. The topological polar surface area (TPSA) is 46.2 Å². The Morgan fingerprint density at radius 2 is 2.12 bits per heavy atom. The van der Waals surface area contributed by atoms with E-state index >= 15 is 0 Å². The standard InChI is InChI=1S/C12H12BNO2/c1-7-8(3-2-4-10(7)13)9-5-6-11(15)14-12(9)16/h2-4,9H,5-6H2,1H3,(H,14,15,16). The Bertz CT molecular complexity index is 456. The number of nitrogens with one attached hydrogen (secondary N) is 1. The van der Waals surface area contributed by atoms with Gasteiger partial charge < -0.3 is 0 Å². The van der Waals surface area contributed by atoms with E-state index in [9.17, 15) is 9.59 Å². The minimum atomic E-state index is -0.249. The first-order chi connectivity index (χ1) is 7.59. The van der Waals surface area contributed by atoms with Crippen molar-refractivity contribution in [1.82, 2.24) is 5.32 Å². The molecular weight excluding hydrogens is 201 g/mol. The number of carbonyl (C=O) groups is 2. The number of hydrogen-bond donors (Lipinski definition) is 1. The lowest BCUT2D eigenvalue weighted by Gasteiger charge is -2.23. The highest BCUT2D eigenvalue weighted by Gasteiger charge is 2.28. The van der Waals surface area contributed by atoms with Crippen LogP contribution in [0, 0.1) is 6.92 Å². The van der Waals surface area contributed by atoms with Crippen molar-refractivity contribution in [1.29, 1.82) is 0 Å². The summed E-state index contributed by atoms with van der Waals surface area (Å²) in [5, 5.41) is 2.36. The van der Waals surface area contributed by atoms with Gasteiger partial charge in [0.15, 0.2) is 0 Å². The Kier molecular flexibility index (Phi) is 2.81. The fraction of sp³-hybridized carbons (Fsp3) is 0.333. The van der Waals surface area contributed by atoms with E-state index in [1.807, 2.05) is 25.1 Å². The van der Waals surface area contributed by atoms with Crippen LogP contribution in [0.4, 0.5) is 0 Å². The summed E-state index contributed by atoms with van der Waals surface area (Å²) < 4.78 is 0. The Morgan fingerprint density at radius 3 is 2.81 bits per heavy atom. The molecule has 1 N–H and O–H groups in total. The predicted octanol–water partition coefficient (Wildman–Crippen LogP) is 0.309. The molecule has 1 atom stereocenters. The van der Waals surface area contributed by atoms with Crippen LogP contribution in [0.5, 0.6) is 0 Å². The lowest BCUT2D eigenvalue weighted by Crippen LogP contribution is -2.40. The van der Waals surface area contributed by atoms with Crippen molar-refractivity contribution in [2.45, 2.75) is 25.7 Å². The van der Waals surface area contributed by atoms with Crippen LogP contribution < -0.4 is 10.8 Å². The quantitative estimate of drug-likeness (QED) is 0.539. The normalized spacial score (nSPS) is 20.7. The Hall–Kier alpha value is -1.58. The van der Waals surface area contributed by atoms with Gasteiger partial charge in [0.2, 0.25) is 11.8 Å². The summed E-state index contributed by atoms with van der Waals surface area (Å²) in [6.45, 7) is 1.90. The van der Waals surface area contributed by atoms with Gasteiger partial charge in [-0.1, -0.05) is 29.2 Å². The van der Waals surface area contributed by atoms with Gasteiger partial charge in [0.25, 0.3) is 0 Å². The van der Waals surface area contributed by atoms with Gasteiger partial charge in [-0.25, -0.2) is 0 Å². The molecule has 3 nitrogen and oxygen atoms in total. The molecule has 0 spiro atoms. The third kappa shape index (κ3) is 1.87. The first-order valence-corrected chi connectivity index (χ1v) is 5.28. The molecule has 1 aliphatic heterocycles. The molecule has 1 saturated heterocycles. The summed E-state index contributed by atoms with van der Waals surface area (Å²) >= 11 is 0. The molecule has 4 heteroatoms. The number of imide groups is 1. The predicted molar refractivity (Wildman–Crippen MR) is 61.7 cm³/mol. The summed E-state index contributed by atoms with van der Waals surface area (Å²) in [5.41, 5.74) is 2.53. The number of piperidine rings is 1.